The van der Waals surface area contributed by atoms with Crippen molar-refractivity contribution in [3.63, 3.8) is 0 Å². The minimum atomic E-state index is 0.891. The highest BCUT2D eigenvalue weighted by molar-refractivity contribution is 7.99. The summed E-state index contributed by atoms with van der Waals surface area (Å²) in [5, 5.41) is 5.73. The smallest absolute Gasteiger partial charge is 0.117 e. The zero-order chi connectivity index (χ0) is 12.9. The van der Waals surface area contributed by atoms with Gasteiger partial charge in [0, 0.05) is 5.39 Å². The largest absolute Gasteiger partial charge is 0.317 e. The summed E-state index contributed by atoms with van der Waals surface area (Å²) >= 11 is 1.87. The number of piperidine rings is 1. The Bertz CT molecular complexity index is 532. The fraction of sp³-hybridized carbons (Fsp3) is 0.467. The summed E-state index contributed by atoms with van der Waals surface area (Å²) in [5.74, 6) is 2.05. The number of aromatic nitrogens is 2. The predicted octanol–water partition coefficient (Wildman–Crippen LogP) is 3.11. The fourth-order valence-corrected chi connectivity index (χ4v) is 3.68. The summed E-state index contributed by atoms with van der Waals surface area (Å²) in [6, 6.07) is 8.25. The van der Waals surface area contributed by atoms with Gasteiger partial charge >= 0.3 is 0 Å². The van der Waals surface area contributed by atoms with Crippen LogP contribution in [0.4, 0.5) is 0 Å². The quantitative estimate of drug-likeness (QED) is 0.686. The Balaban J connectivity index is 1.62. The Morgan fingerprint density at radius 2 is 2.00 bits per heavy atom. The molecule has 0 atom stereocenters. The van der Waals surface area contributed by atoms with Crippen LogP contribution in [0.2, 0.25) is 0 Å². The Labute approximate surface area is 118 Å². The molecule has 0 unspecified atom stereocenters. The summed E-state index contributed by atoms with van der Waals surface area (Å²) in [6.45, 7) is 2.37. The van der Waals surface area contributed by atoms with Crippen molar-refractivity contribution in [3.05, 3.63) is 30.6 Å². The number of nitrogens with one attached hydrogen (secondary N) is 1. The monoisotopic (exact) mass is 273 g/mol. The van der Waals surface area contributed by atoms with Gasteiger partial charge in [-0.15, -0.1) is 11.8 Å². The number of para-hydroxylation sites is 1. The number of thioether (sulfide) groups is 1. The molecule has 1 N–H and O–H groups in total. The summed E-state index contributed by atoms with van der Waals surface area (Å²) < 4.78 is 0. The third-order valence-electron chi connectivity index (χ3n) is 3.73. The van der Waals surface area contributed by atoms with Crippen LogP contribution in [0.3, 0.4) is 0 Å². The van der Waals surface area contributed by atoms with E-state index < -0.39 is 0 Å². The van der Waals surface area contributed by atoms with Crippen molar-refractivity contribution >= 4 is 22.7 Å². The normalized spacial score (nSPS) is 16.8. The highest BCUT2D eigenvalue weighted by Gasteiger charge is 2.13. The molecule has 4 heteroatoms. The Morgan fingerprint density at radius 3 is 2.89 bits per heavy atom. The van der Waals surface area contributed by atoms with E-state index in [0.717, 1.165) is 22.2 Å². The van der Waals surface area contributed by atoms with E-state index >= 15 is 0 Å². The van der Waals surface area contributed by atoms with E-state index in [4.69, 9.17) is 0 Å². The summed E-state index contributed by atoms with van der Waals surface area (Å²) in [6.07, 6.45) is 5.62. The molecule has 100 valence electrons. The maximum atomic E-state index is 4.43. The van der Waals surface area contributed by atoms with Gasteiger partial charge in [0.2, 0.25) is 0 Å². The Morgan fingerprint density at radius 1 is 1.16 bits per heavy atom. The summed E-state index contributed by atoms with van der Waals surface area (Å²) in [7, 11) is 0. The second kappa shape index (κ2) is 6.35. The number of hydrogen-bond donors (Lipinski definition) is 1. The lowest BCUT2D eigenvalue weighted by Gasteiger charge is -2.22. The number of rotatable bonds is 4. The van der Waals surface area contributed by atoms with Gasteiger partial charge in [-0.25, -0.2) is 9.97 Å². The van der Waals surface area contributed by atoms with Gasteiger partial charge in [0.05, 0.1) is 5.52 Å². The van der Waals surface area contributed by atoms with Crippen molar-refractivity contribution in [3.8, 4) is 0 Å². The number of hydrogen-bond acceptors (Lipinski definition) is 4. The fourth-order valence-electron chi connectivity index (χ4n) is 2.59. The maximum Gasteiger partial charge on any atom is 0.117 e. The van der Waals surface area contributed by atoms with Crippen molar-refractivity contribution in [2.75, 3.05) is 18.8 Å². The van der Waals surface area contributed by atoms with E-state index in [1.54, 1.807) is 6.33 Å². The first kappa shape index (κ1) is 12.9. The molecule has 1 aliphatic heterocycles. The molecule has 2 heterocycles. The van der Waals surface area contributed by atoms with E-state index in [1.165, 1.54) is 37.7 Å². The maximum absolute atomic E-state index is 4.43. The molecule has 0 radical (unpaired) electrons. The number of benzene rings is 1. The first-order valence-electron chi connectivity index (χ1n) is 6.97. The zero-order valence-corrected chi connectivity index (χ0v) is 11.8. The molecule has 1 aromatic carbocycles. The lowest BCUT2D eigenvalue weighted by molar-refractivity contribution is 0.367. The van der Waals surface area contributed by atoms with Crippen LogP contribution >= 0.6 is 11.8 Å². The average molecular weight is 273 g/mol. The van der Waals surface area contributed by atoms with Crippen LogP contribution in [0.25, 0.3) is 10.9 Å². The molecule has 0 amide bonds. The second-order valence-corrected chi connectivity index (χ2v) is 6.11. The first-order chi connectivity index (χ1) is 9.43. The van der Waals surface area contributed by atoms with Crippen molar-refractivity contribution in [1.82, 2.24) is 15.3 Å². The lowest BCUT2D eigenvalue weighted by Crippen LogP contribution is -2.27. The van der Waals surface area contributed by atoms with Crippen molar-refractivity contribution in [2.24, 2.45) is 5.92 Å². The number of nitrogens with zero attached hydrogens (tertiary/aromatic N) is 2. The molecule has 1 saturated heterocycles. The lowest BCUT2D eigenvalue weighted by atomic mass is 9.96. The van der Waals surface area contributed by atoms with E-state index in [2.05, 4.69) is 27.4 Å². The molecular weight excluding hydrogens is 254 g/mol. The minimum absolute atomic E-state index is 0.891. The Kier molecular flexibility index (Phi) is 4.30. The molecule has 0 aliphatic carbocycles. The molecule has 1 aromatic heterocycles. The number of fused-ring (bicyclic) bond motifs is 1. The van der Waals surface area contributed by atoms with Crippen LogP contribution in [0, 0.1) is 5.92 Å². The third kappa shape index (κ3) is 3.25. The molecule has 19 heavy (non-hydrogen) atoms. The highest BCUT2D eigenvalue weighted by atomic mass is 32.2. The SMILES string of the molecule is c1ccc2c(SCCC3CCNCC3)ncnc2c1. The molecular formula is C15H19N3S. The zero-order valence-electron chi connectivity index (χ0n) is 11.0. The van der Waals surface area contributed by atoms with Gasteiger partial charge in [-0.2, -0.15) is 0 Å². The van der Waals surface area contributed by atoms with Crippen molar-refractivity contribution in [1.29, 1.82) is 0 Å². The van der Waals surface area contributed by atoms with E-state index in [-0.39, 0.29) is 0 Å². The van der Waals surface area contributed by atoms with Crippen LogP contribution in [-0.4, -0.2) is 28.8 Å². The van der Waals surface area contributed by atoms with Crippen LogP contribution in [0.15, 0.2) is 35.6 Å². The van der Waals surface area contributed by atoms with E-state index in [1.807, 2.05) is 23.9 Å². The first-order valence-corrected chi connectivity index (χ1v) is 7.95. The van der Waals surface area contributed by atoms with Gasteiger partial charge < -0.3 is 5.32 Å². The van der Waals surface area contributed by atoms with Crippen molar-refractivity contribution in [2.45, 2.75) is 24.3 Å². The van der Waals surface area contributed by atoms with E-state index in [0.29, 0.717) is 0 Å². The molecule has 1 fully saturated rings. The van der Waals surface area contributed by atoms with E-state index in [9.17, 15) is 0 Å². The molecule has 0 saturated carbocycles. The van der Waals surface area contributed by atoms with Gasteiger partial charge in [0.25, 0.3) is 0 Å². The van der Waals surface area contributed by atoms with Gasteiger partial charge in [0.15, 0.2) is 0 Å². The van der Waals surface area contributed by atoms with Gasteiger partial charge in [0.1, 0.15) is 11.4 Å². The second-order valence-electron chi connectivity index (χ2n) is 5.03. The average Bonchev–Trinajstić information content (AvgIpc) is 2.49. The minimum Gasteiger partial charge on any atom is -0.317 e. The van der Waals surface area contributed by atoms with Crippen LogP contribution in [0.5, 0.6) is 0 Å². The van der Waals surface area contributed by atoms with Gasteiger partial charge in [-0.05, 0) is 50.1 Å². The molecule has 3 rings (SSSR count). The highest BCUT2D eigenvalue weighted by Crippen LogP contribution is 2.27. The van der Waals surface area contributed by atoms with Crippen LogP contribution in [0.1, 0.15) is 19.3 Å². The summed E-state index contributed by atoms with van der Waals surface area (Å²) in [5.41, 5.74) is 1.04. The standard InChI is InChI=1S/C15H19N3S/c1-2-4-14-13(3-1)15(18-11-17-14)19-10-7-12-5-8-16-9-6-12/h1-4,11-12,16H,5-10H2. The molecule has 3 nitrogen and oxygen atoms in total. The topological polar surface area (TPSA) is 37.8 Å². The molecule has 1 aliphatic rings. The van der Waals surface area contributed by atoms with Crippen molar-refractivity contribution < 1.29 is 0 Å². The van der Waals surface area contributed by atoms with Crippen LogP contribution in [-0.2, 0) is 0 Å². The van der Waals surface area contributed by atoms with Gasteiger partial charge in [-0.1, -0.05) is 18.2 Å². The molecule has 0 spiro atoms. The Hall–Kier alpha value is -1.13. The van der Waals surface area contributed by atoms with Crippen LogP contribution < -0.4 is 5.32 Å². The summed E-state index contributed by atoms with van der Waals surface area (Å²) in [4.78, 5) is 8.74. The molecule has 2 aromatic rings. The third-order valence-corrected chi connectivity index (χ3v) is 4.77. The predicted molar refractivity (Wildman–Crippen MR) is 80.5 cm³/mol. The molecule has 0 bridgehead atoms. The van der Waals surface area contributed by atoms with Gasteiger partial charge in [-0.3, -0.25) is 0 Å².